The maximum atomic E-state index is 13.4. The third-order valence-corrected chi connectivity index (χ3v) is 6.89. The normalized spacial score (nSPS) is 19.0. The third kappa shape index (κ3) is 4.72. The lowest BCUT2D eigenvalue weighted by molar-refractivity contribution is -0.137. The summed E-state index contributed by atoms with van der Waals surface area (Å²) in [5.74, 6) is 0. The topological polar surface area (TPSA) is 69.3 Å². The average molecular weight is 484 g/mol. The van der Waals surface area contributed by atoms with Crippen molar-refractivity contribution >= 4 is 15.7 Å². The molecule has 6 nitrogen and oxygen atoms in total. The molecule has 0 spiro atoms. The summed E-state index contributed by atoms with van der Waals surface area (Å²) in [7, 11) is -5.79. The summed E-state index contributed by atoms with van der Waals surface area (Å²) in [6.45, 7) is 3.87. The quantitative estimate of drug-likeness (QED) is 0.651. The Hall–Kier alpha value is -2.28. The Morgan fingerprint density at radius 3 is 2.28 bits per heavy atom. The van der Waals surface area contributed by atoms with Crippen LogP contribution in [-0.2, 0) is 29.3 Å². The fourth-order valence-electron chi connectivity index (χ4n) is 3.70. The van der Waals surface area contributed by atoms with Crippen LogP contribution in [0.4, 0.5) is 32.0 Å². The van der Waals surface area contributed by atoms with Gasteiger partial charge in [-0.15, -0.1) is 0 Å². The monoisotopic (exact) mass is 484 g/mol. The molecule has 13 heteroatoms. The Bertz CT molecular complexity index is 1060. The van der Waals surface area contributed by atoms with Gasteiger partial charge in [-0.3, -0.25) is 0 Å². The van der Waals surface area contributed by atoms with E-state index in [0.29, 0.717) is 11.8 Å². The number of hydrogen-bond acceptors (Lipinski definition) is 4. The van der Waals surface area contributed by atoms with Crippen molar-refractivity contribution in [3.8, 4) is 0 Å². The molecule has 0 saturated carbocycles. The molecule has 178 valence electrons. The number of nitrogens with one attached hydrogen (secondary N) is 1. The SMILES string of the molecule is CC(C)(C)[C@@H]1CN(S(=O)(=O)C(F)(F)F)Cc2cc(C(F)(F)F)ccc2N1Cc1cnc[nH]1. The number of fused-ring (bicyclic) bond motifs is 1. The first kappa shape index (κ1) is 24.4. The lowest BCUT2D eigenvalue weighted by Crippen LogP contribution is -2.52. The number of rotatable bonds is 3. The number of sulfonamides is 1. The van der Waals surface area contributed by atoms with Crippen LogP contribution in [-0.4, -0.2) is 40.8 Å². The maximum Gasteiger partial charge on any atom is 0.511 e. The molecule has 0 fully saturated rings. The number of anilines is 1. The van der Waals surface area contributed by atoms with Crippen LogP contribution in [0.1, 0.15) is 37.6 Å². The lowest BCUT2D eigenvalue weighted by Gasteiger charge is -2.42. The molecule has 0 radical (unpaired) electrons. The fourth-order valence-corrected chi connectivity index (χ4v) is 4.64. The van der Waals surface area contributed by atoms with Gasteiger partial charge in [-0.2, -0.15) is 30.6 Å². The summed E-state index contributed by atoms with van der Waals surface area (Å²) in [4.78, 5) is 8.40. The Balaban J connectivity index is 2.22. The van der Waals surface area contributed by atoms with Gasteiger partial charge in [-0.1, -0.05) is 20.8 Å². The lowest BCUT2D eigenvalue weighted by atomic mass is 9.85. The second kappa shape index (κ2) is 7.94. The highest BCUT2D eigenvalue weighted by Gasteiger charge is 2.52. The summed E-state index contributed by atoms with van der Waals surface area (Å²) in [5, 5.41) is 0. The minimum Gasteiger partial charge on any atom is -0.361 e. The van der Waals surface area contributed by atoms with Gasteiger partial charge in [-0.25, -0.2) is 13.4 Å². The molecular weight excluding hydrogens is 462 g/mol. The Kier molecular flexibility index (Phi) is 6.05. The first-order valence-electron chi connectivity index (χ1n) is 9.52. The number of aromatic nitrogens is 2. The van der Waals surface area contributed by atoms with E-state index in [0.717, 1.165) is 6.07 Å². The molecule has 0 unspecified atom stereocenters. The molecule has 32 heavy (non-hydrogen) atoms. The van der Waals surface area contributed by atoms with Crippen LogP contribution in [0, 0.1) is 5.41 Å². The average Bonchev–Trinajstić information content (AvgIpc) is 3.07. The van der Waals surface area contributed by atoms with Crippen LogP contribution < -0.4 is 4.90 Å². The van der Waals surface area contributed by atoms with E-state index in [2.05, 4.69) is 9.97 Å². The number of alkyl halides is 6. The van der Waals surface area contributed by atoms with Gasteiger partial charge < -0.3 is 9.88 Å². The van der Waals surface area contributed by atoms with Crippen molar-refractivity contribution < 1.29 is 34.8 Å². The molecule has 2 aromatic rings. The number of nitrogens with zero attached hydrogens (tertiary/aromatic N) is 3. The third-order valence-electron chi connectivity index (χ3n) is 5.34. The van der Waals surface area contributed by atoms with E-state index in [9.17, 15) is 34.8 Å². The van der Waals surface area contributed by atoms with E-state index in [1.165, 1.54) is 18.6 Å². The summed E-state index contributed by atoms with van der Waals surface area (Å²) >= 11 is 0. The minimum atomic E-state index is -5.79. The molecule has 2 heterocycles. The highest BCUT2D eigenvalue weighted by Crippen LogP contribution is 2.41. The van der Waals surface area contributed by atoms with Crippen molar-refractivity contribution in [2.75, 3.05) is 11.4 Å². The zero-order chi connectivity index (χ0) is 24.1. The Morgan fingerprint density at radius 1 is 1.12 bits per heavy atom. The number of benzene rings is 1. The summed E-state index contributed by atoms with van der Waals surface area (Å²) in [5.41, 5.74) is -6.76. The highest BCUT2D eigenvalue weighted by molar-refractivity contribution is 7.89. The van der Waals surface area contributed by atoms with Gasteiger partial charge in [0.1, 0.15) is 0 Å². The van der Waals surface area contributed by atoms with E-state index in [1.807, 2.05) is 0 Å². The van der Waals surface area contributed by atoms with Gasteiger partial charge in [0.2, 0.25) is 0 Å². The molecule has 0 aliphatic carbocycles. The number of H-pyrrole nitrogens is 1. The molecule has 1 atom stereocenters. The van der Waals surface area contributed by atoms with Crippen molar-refractivity contribution in [1.29, 1.82) is 0 Å². The van der Waals surface area contributed by atoms with E-state index < -0.39 is 51.8 Å². The van der Waals surface area contributed by atoms with Gasteiger partial charge in [-0.05, 0) is 29.2 Å². The second-order valence-corrected chi connectivity index (χ2v) is 10.6. The maximum absolute atomic E-state index is 13.4. The first-order valence-corrected chi connectivity index (χ1v) is 11.0. The van der Waals surface area contributed by atoms with Crippen molar-refractivity contribution in [2.45, 2.75) is 51.6 Å². The van der Waals surface area contributed by atoms with E-state index >= 15 is 0 Å². The molecule has 0 saturated heterocycles. The van der Waals surface area contributed by atoms with Crippen molar-refractivity contribution in [2.24, 2.45) is 5.41 Å². The second-order valence-electron chi connectivity index (χ2n) is 8.67. The standard InChI is InChI=1S/C19H22F6N4O2S/c1-17(2,3)16-10-28(32(30,31)19(23,24)25)8-12-6-13(18(20,21)22)4-5-15(12)29(16)9-14-7-26-11-27-14/h4-7,11,16H,8-10H2,1-3H3,(H,26,27)/t16-/m0/s1. The molecular formula is C19H22F6N4O2S. The molecule has 1 aromatic carbocycles. The van der Waals surface area contributed by atoms with E-state index in [4.69, 9.17) is 0 Å². The predicted molar refractivity (Wildman–Crippen MR) is 105 cm³/mol. The van der Waals surface area contributed by atoms with Crippen LogP contribution in [0.15, 0.2) is 30.7 Å². The number of aromatic amines is 1. The van der Waals surface area contributed by atoms with Crippen molar-refractivity contribution in [3.63, 3.8) is 0 Å². The first-order chi connectivity index (χ1) is 14.5. The molecule has 0 bridgehead atoms. The van der Waals surface area contributed by atoms with Crippen molar-refractivity contribution in [3.05, 3.63) is 47.5 Å². The molecule has 0 amide bonds. The smallest absolute Gasteiger partial charge is 0.361 e. The predicted octanol–water partition coefficient (Wildman–Crippen LogP) is 4.52. The van der Waals surface area contributed by atoms with Gasteiger partial charge >= 0.3 is 21.7 Å². The van der Waals surface area contributed by atoms with Crippen molar-refractivity contribution in [1.82, 2.24) is 14.3 Å². The summed E-state index contributed by atoms with van der Waals surface area (Å²) < 4.78 is 105. The van der Waals surface area contributed by atoms with Gasteiger partial charge in [0.25, 0.3) is 0 Å². The minimum absolute atomic E-state index is 0.0835. The van der Waals surface area contributed by atoms with Crippen LogP contribution >= 0.6 is 0 Å². The molecule has 1 aromatic heterocycles. The fraction of sp³-hybridized carbons (Fsp3) is 0.526. The van der Waals surface area contributed by atoms with Crippen LogP contribution in [0.2, 0.25) is 0 Å². The van der Waals surface area contributed by atoms with E-state index in [1.54, 1.807) is 25.7 Å². The number of hydrogen-bond donors (Lipinski definition) is 1. The van der Waals surface area contributed by atoms with Gasteiger partial charge in [0.05, 0.1) is 24.1 Å². The number of imidazole rings is 1. The highest BCUT2D eigenvalue weighted by atomic mass is 32.2. The molecule has 3 rings (SSSR count). The molecule has 1 aliphatic rings. The van der Waals surface area contributed by atoms with Gasteiger partial charge in [0, 0.05) is 31.0 Å². The summed E-state index contributed by atoms with van der Waals surface area (Å²) in [6.07, 6.45) is -1.86. The van der Waals surface area contributed by atoms with Crippen LogP contribution in [0.25, 0.3) is 0 Å². The largest absolute Gasteiger partial charge is 0.511 e. The summed E-state index contributed by atoms with van der Waals surface area (Å²) in [6, 6.07) is 1.93. The zero-order valence-corrected chi connectivity index (χ0v) is 18.2. The number of halogens is 6. The van der Waals surface area contributed by atoms with Crippen LogP contribution in [0.5, 0.6) is 0 Å². The van der Waals surface area contributed by atoms with E-state index in [-0.39, 0.29) is 22.1 Å². The van der Waals surface area contributed by atoms with Gasteiger partial charge in [0.15, 0.2) is 0 Å². The zero-order valence-electron chi connectivity index (χ0n) is 17.4. The Labute approximate surface area is 181 Å². The molecule has 1 aliphatic heterocycles. The Morgan fingerprint density at radius 2 is 1.78 bits per heavy atom. The van der Waals surface area contributed by atoms with Crippen LogP contribution in [0.3, 0.4) is 0 Å². The molecule has 1 N–H and O–H groups in total.